The van der Waals surface area contributed by atoms with Crippen LogP contribution in [0, 0.1) is 5.92 Å². The Hall–Kier alpha value is -2.36. The molecule has 0 aliphatic heterocycles. The van der Waals surface area contributed by atoms with Gasteiger partial charge in [0, 0.05) is 6.08 Å². The van der Waals surface area contributed by atoms with E-state index >= 15 is 0 Å². The van der Waals surface area contributed by atoms with Gasteiger partial charge in [-0.25, -0.2) is 4.79 Å². The summed E-state index contributed by atoms with van der Waals surface area (Å²) in [5.74, 6) is -2.54. The van der Waals surface area contributed by atoms with Gasteiger partial charge >= 0.3 is 11.9 Å². The van der Waals surface area contributed by atoms with Gasteiger partial charge in [0.1, 0.15) is 12.5 Å². The summed E-state index contributed by atoms with van der Waals surface area (Å²) in [6.07, 6.45) is 4.17. The highest BCUT2D eigenvalue weighted by Crippen LogP contribution is 2.07. The third-order valence-electron chi connectivity index (χ3n) is 2.21. The van der Waals surface area contributed by atoms with Crippen LogP contribution in [0.5, 0.6) is 0 Å². The number of carbonyl (C=O) groups excluding carboxylic acids is 1. The molecule has 4 nitrogen and oxygen atoms in total. The lowest BCUT2D eigenvalue weighted by Crippen LogP contribution is -2.19. The molecule has 0 saturated carbocycles. The van der Waals surface area contributed by atoms with Gasteiger partial charge in [-0.1, -0.05) is 49.1 Å². The number of carboxylic acids is 1. The lowest BCUT2D eigenvalue weighted by molar-refractivity contribution is -0.146. The maximum atomic E-state index is 11.0. The second-order valence-corrected chi connectivity index (χ2v) is 3.55. The van der Waals surface area contributed by atoms with Crippen molar-refractivity contribution < 1.29 is 19.4 Å². The summed E-state index contributed by atoms with van der Waals surface area (Å²) < 4.78 is 4.71. The van der Waals surface area contributed by atoms with E-state index < -0.39 is 17.9 Å². The Morgan fingerprint density at radius 3 is 2.56 bits per heavy atom. The van der Waals surface area contributed by atoms with Crippen LogP contribution < -0.4 is 0 Å². The fourth-order valence-electron chi connectivity index (χ4n) is 1.23. The smallest absolute Gasteiger partial charge is 0.330 e. The molecule has 4 heteroatoms. The fourth-order valence-corrected chi connectivity index (χ4v) is 1.23. The molecule has 1 aromatic carbocycles. The SMILES string of the molecule is C=CC(=O)OCC(C=Cc1ccccc1)C(=O)O. The predicted octanol–water partition coefficient (Wildman–Crippen LogP) is 2.13. The summed E-state index contributed by atoms with van der Waals surface area (Å²) in [6.45, 7) is 3.03. The first-order valence-corrected chi connectivity index (χ1v) is 5.38. The Balaban J connectivity index is 2.63. The molecule has 94 valence electrons. The molecule has 0 bridgehead atoms. The molecule has 0 saturated heterocycles. The van der Waals surface area contributed by atoms with E-state index in [4.69, 9.17) is 9.84 Å². The molecular formula is C14H14O4. The fraction of sp³-hybridized carbons (Fsp3) is 0.143. The number of aliphatic carboxylic acids is 1. The van der Waals surface area contributed by atoms with Gasteiger partial charge in [0.2, 0.25) is 0 Å². The monoisotopic (exact) mass is 246 g/mol. The van der Waals surface area contributed by atoms with Crippen LogP contribution in [0.2, 0.25) is 0 Å². The molecular weight excluding hydrogens is 232 g/mol. The molecule has 0 spiro atoms. The van der Waals surface area contributed by atoms with Crippen LogP contribution in [0.25, 0.3) is 6.08 Å². The van der Waals surface area contributed by atoms with E-state index in [1.165, 1.54) is 6.08 Å². The van der Waals surface area contributed by atoms with E-state index in [0.717, 1.165) is 11.6 Å². The van der Waals surface area contributed by atoms with E-state index in [-0.39, 0.29) is 6.61 Å². The van der Waals surface area contributed by atoms with E-state index in [1.54, 1.807) is 6.08 Å². The normalized spacial score (nSPS) is 12.0. The van der Waals surface area contributed by atoms with Crippen LogP contribution in [0.3, 0.4) is 0 Å². The van der Waals surface area contributed by atoms with Gasteiger partial charge in [0.15, 0.2) is 0 Å². The summed E-state index contributed by atoms with van der Waals surface area (Å²) >= 11 is 0. The lowest BCUT2D eigenvalue weighted by atomic mass is 10.1. The molecule has 1 unspecified atom stereocenters. The highest BCUT2D eigenvalue weighted by molar-refractivity contribution is 5.81. The summed E-state index contributed by atoms with van der Waals surface area (Å²) in [7, 11) is 0. The third kappa shape index (κ3) is 4.65. The quantitative estimate of drug-likeness (QED) is 0.617. The minimum absolute atomic E-state index is 0.205. The number of hydrogen-bond acceptors (Lipinski definition) is 3. The molecule has 0 aliphatic carbocycles. The van der Waals surface area contributed by atoms with Crippen molar-refractivity contribution in [3.63, 3.8) is 0 Å². The lowest BCUT2D eigenvalue weighted by Gasteiger charge is -2.07. The minimum atomic E-state index is -1.04. The number of carbonyl (C=O) groups is 2. The number of esters is 1. The van der Waals surface area contributed by atoms with Gasteiger partial charge in [0.05, 0.1) is 0 Å². The molecule has 0 aromatic heterocycles. The summed E-state index contributed by atoms with van der Waals surface area (Å²) in [5, 5.41) is 8.97. The summed E-state index contributed by atoms with van der Waals surface area (Å²) in [4.78, 5) is 21.8. The predicted molar refractivity (Wildman–Crippen MR) is 67.8 cm³/mol. The molecule has 1 atom stereocenters. The first-order chi connectivity index (χ1) is 8.63. The molecule has 18 heavy (non-hydrogen) atoms. The van der Waals surface area contributed by atoms with Gasteiger partial charge in [-0.2, -0.15) is 0 Å². The van der Waals surface area contributed by atoms with Crippen molar-refractivity contribution in [2.24, 2.45) is 5.92 Å². The number of ether oxygens (including phenoxy) is 1. The van der Waals surface area contributed by atoms with Gasteiger partial charge in [-0.15, -0.1) is 0 Å². The molecule has 0 aliphatic rings. The van der Waals surface area contributed by atoms with Crippen LogP contribution in [0.15, 0.2) is 49.1 Å². The van der Waals surface area contributed by atoms with E-state index in [1.807, 2.05) is 30.3 Å². The molecule has 0 radical (unpaired) electrons. The van der Waals surface area contributed by atoms with Crippen molar-refractivity contribution in [3.05, 3.63) is 54.6 Å². The Labute approximate surface area is 105 Å². The van der Waals surface area contributed by atoms with Crippen molar-refractivity contribution >= 4 is 18.0 Å². The van der Waals surface area contributed by atoms with Crippen LogP contribution >= 0.6 is 0 Å². The topological polar surface area (TPSA) is 63.6 Å². The van der Waals surface area contributed by atoms with Crippen molar-refractivity contribution in [1.82, 2.24) is 0 Å². The molecule has 0 heterocycles. The summed E-state index contributed by atoms with van der Waals surface area (Å²) in [5.41, 5.74) is 0.888. The highest BCUT2D eigenvalue weighted by atomic mass is 16.5. The zero-order valence-corrected chi connectivity index (χ0v) is 9.78. The van der Waals surface area contributed by atoms with Gasteiger partial charge in [0.25, 0.3) is 0 Å². The Morgan fingerprint density at radius 1 is 1.33 bits per heavy atom. The van der Waals surface area contributed by atoms with Crippen LogP contribution in [0.1, 0.15) is 5.56 Å². The molecule has 0 amide bonds. The summed E-state index contributed by atoms with van der Waals surface area (Å²) in [6, 6.07) is 9.29. The van der Waals surface area contributed by atoms with Crippen LogP contribution in [0.4, 0.5) is 0 Å². The number of hydrogen-bond donors (Lipinski definition) is 1. The highest BCUT2D eigenvalue weighted by Gasteiger charge is 2.15. The van der Waals surface area contributed by atoms with Crippen molar-refractivity contribution in [2.75, 3.05) is 6.61 Å². The van der Waals surface area contributed by atoms with Crippen LogP contribution in [-0.2, 0) is 14.3 Å². The molecule has 1 aromatic rings. The van der Waals surface area contributed by atoms with Gasteiger partial charge < -0.3 is 9.84 Å². The van der Waals surface area contributed by atoms with Crippen LogP contribution in [-0.4, -0.2) is 23.7 Å². The minimum Gasteiger partial charge on any atom is -0.481 e. The first kappa shape index (κ1) is 13.7. The number of benzene rings is 1. The average molecular weight is 246 g/mol. The second kappa shape index (κ2) is 7.06. The molecule has 1 N–H and O–H groups in total. The second-order valence-electron chi connectivity index (χ2n) is 3.55. The average Bonchev–Trinajstić information content (AvgIpc) is 2.39. The van der Waals surface area contributed by atoms with Crippen molar-refractivity contribution in [1.29, 1.82) is 0 Å². The Bertz CT molecular complexity index is 448. The largest absolute Gasteiger partial charge is 0.481 e. The number of rotatable bonds is 6. The van der Waals surface area contributed by atoms with Gasteiger partial charge in [-0.3, -0.25) is 4.79 Å². The van der Waals surface area contributed by atoms with E-state index in [9.17, 15) is 9.59 Å². The zero-order valence-electron chi connectivity index (χ0n) is 9.78. The van der Waals surface area contributed by atoms with E-state index in [0.29, 0.717) is 0 Å². The Morgan fingerprint density at radius 2 is 2.00 bits per heavy atom. The maximum Gasteiger partial charge on any atom is 0.330 e. The molecule has 0 fully saturated rings. The molecule has 1 rings (SSSR count). The van der Waals surface area contributed by atoms with Crippen molar-refractivity contribution in [3.8, 4) is 0 Å². The van der Waals surface area contributed by atoms with E-state index in [2.05, 4.69) is 6.58 Å². The maximum absolute atomic E-state index is 11.0. The Kier molecular flexibility index (Phi) is 5.38. The zero-order chi connectivity index (χ0) is 13.4. The standard InChI is InChI=1S/C14H14O4/c1-2-13(15)18-10-12(14(16)17)9-8-11-6-4-3-5-7-11/h2-9,12H,1,10H2,(H,16,17). The van der Waals surface area contributed by atoms with Gasteiger partial charge in [-0.05, 0) is 5.56 Å². The number of carboxylic acid groups (broad SMARTS) is 1. The van der Waals surface area contributed by atoms with Crippen molar-refractivity contribution in [2.45, 2.75) is 0 Å². The first-order valence-electron chi connectivity index (χ1n) is 5.38. The third-order valence-corrected chi connectivity index (χ3v) is 2.21.